The van der Waals surface area contributed by atoms with Crippen molar-refractivity contribution in [1.82, 2.24) is 5.32 Å². The Morgan fingerprint density at radius 3 is 2.19 bits per heavy atom. The molecule has 0 spiro atoms. The van der Waals surface area contributed by atoms with Crippen LogP contribution >= 0.6 is 0 Å². The van der Waals surface area contributed by atoms with E-state index in [-0.39, 0.29) is 11.8 Å². The van der Waals surface area contributed by atoms with Gasteiger partial charge in [0.05, 0.1) is 17.9 Å². The van der Waals surface area contributed by atoms with Gasteiger partial charge in [0.2, 0.25) is 0 Å². The number of amides is 2. The number of benzene rings is 2. The van der Waals surface area contributed by atoms with E-state index in [2.05, 4.69) is 10.6 Å². The van der Waals surface area contributed by atoms with Gasteiger partial charge < -0.3 is 15.4 Å². The highest BCUT2D eigenvalue weighted by Gasteiger charge is 2.17. The molecule has 0 aliphatic carbocycles. The van der Waals surface area contributed by atoms with Gasteiger partial charge in [-0.2, -0.15) is 0 Å². The summed E-state index contributed by atoms with van der Waals surface area (Å²) in [7, 11) is 1.58. The molecule has 2 rings (SSSR count). The average molecular weight is 354 g/mol. The van der Waals surface area contributed by atoms with Crippen LogP contribution in [0.15, 0.2) is 30.3 Å². The summed E-state index contributed by atoms with van der Waals surface area (Å²) in [6.07, 6.45) is 0. The first-order valence-corrected chi connectivity index (χ1v) is 8.60. The average Bonchev–Trinajstić information content (AvgIpc) is 2.54. The van der Waals surface area contributed by atoms with E-state index in [1.54, 1.807) is 13.2 Å². The van der Waals surface area contributed by atoms with Crippen LogP contribution in [-0.4, -0.2) is 32.1 Å². The SMILES string of the molecule is COCCNC(=O)c1ccc(C)cc1NC(=O)c1c(C)cc(C)cc1C. The summed E-state index contributed by atoms with van der Waals surface area (Å²) in [5, 5.41) is 5.70. The zero-order valence-electron chi connectivity index (χ0n) is 16.0. The Balaban J connectivity index is 2.30. The number of aryl methyl sites for hydroxylation is 4. The second kappa shape index (κ2) is 8.63. The molecule has 2 N–H and O–H groups in total. The van der Waals surface area contributed by atoms with E-state index in [4.69, 9.17) is 4.74 Å². The van der Waals surface area contributed by atoms with Crippen LogP contribution in [0.4, 0.5) is 5.69 Å². The molecule has 5 nitrogen and oxygen atoms in total. The molecule has 0 fully saturated rings. The van der Waals surface area contributed by atoms with E-state index < -0.39 is 0 Å². The summed E-state index contributed by atoms with van der Waals surface area (Å²) >= 11 is 0. The fraction of sp³-hybridized carbons (Fsp3) is 0.333. The molecular formula is C21H26N2O3. The highest BCUT2D eigenvalue weighted by Crippen LogP contribution is 2.22. The van der Waals surface area contributed by atoms with Crippen molar-refractivity contribution < 1.29 is 14.3 Å². The summed E-state index contributed by atoms with van der Waals surface area (Å²) in [5.41, 5.74) is 5.49. The summed E-state index contributed by atoms with van der Waals surface area (Å²) in [6.45, 7) is 8.61. The van der Waals surface area contributed by atoms with Gasteiger partial charge >= 0.3 is 0 Å². The fourth-order valence-electron chi connectivity index (χ4n) is 3.04. The predicted octanol–water partition coefficient (Wildman–Crippen LogP) is 3.55. The summed E-state index contributed by atoms with van der Waals surface area (Å²) in [4.78, 5) is 25.3. The number of carbonyl (C=O) groups excluding carboxylic acids is 2. The third kappa shape index (κ3) is 4.70. The Bertz CT molecular complexity index is 805. The van der Waals surface area contributed by atoms with Crippen LogP contribution in [-0.2, 0) is 4.74 Å². The molecule has 138 valence electrons. The van der Waals surface area contributed by atoms with Crippen LogP contribution in [0, 0.1) is 27.7 Å². The van der Waals surface area contributed by atoms with Crippen molar-refractivity contribution in [1.29, 1.82) is 0 Å². The van der Waals surface area contributed by atoms with Crippen LogP contribution in [0.3, 0.4) is 0 Å². The van der Waals surface area contributed by atoms with Crippen LogP contribution < -0.4 is 10.6 Å². The van der Waals surface area contributed by atoms with Crippen molar-refractivity contribution in [3.63, 3.8) is 0 Å². The number of ether oxygens (including phenoxy) is 1. The summed E-state index contributed by atoms with van der Waals surface area (Å²) in [5.74, 6) is -0.453. The molecule has 5 heteroatoms. The lowest BCUT2D eigenvalue weighted by molar-refractivity contribution is 0.0938. The number of rotatable bonds is 6. The van der Waals surface area contributed by atoms with Gasteiger partial charge in [-0.3, -0.25) is 9.59 Å². The van der Waals surface area contributed by atoms with Crippen molar-refractivity contribution in [3.05, 3.63) is 63.7 Å². The Kier molecular flexibility index (Phi) is 6.52. The molecule has 0 heterocycles. The fourth-order valence-corrected chi connectivity index (χ4v) is 3.04. The van der Waals surface area contributed by atoms with Crippen molar-refractivity contribution in [2.75, 3.05) is 25.6 Å². The quantitative estimate of drug-likeness (QED) is 0.780. The number of hydrogen-bond acceptors (Lipinski definition) is 3. The Morgan fingerprint density at radius 2 is 1.58 bits per heavy atom. The van der Waals surface area contributed by atoms with E-state index in [0.29, 0.717) is 30.0 Å². The van der Waals surface area contributed by atoms with Gasteiger partial charge in [-0.1, -0.05) is 23.8 Å². The van der Waals surface area contributed by atoms with Gasteiger partial charge in [-0.25, -0.2) is 0 Å². The van der Waals surface area contributed by atoms with Crippen LogP contribution in [0.5, 0.6) is 0 Å². The minimum atomic E-state index is -0.241. The van der Waals surface area contributed by atoms with Gasteiger partial charge in [-0.05, 0) is 56.5 Å². The Hall–Kier alpha value is -2.66. The van der Waals surface area contributed by atoms with Gasteiger partial charge in [-0.15, -0.1) is 0 Å². The molecule has 0 radical (unpaired) electrons. The molecule has 0 bridgehead atoms. The maximum Gasteiger partial charge on any atom is 0.256 e. The normalized spacial score (nSPS) is 10.5. The minimum Gasteiger partial charge on any atom is -0.383 e. The predicted molar refractivity (Wildman–Crippen MR) is 104 cm³/mol. The lowest BCUT2D eigenvalue weighted by Crippen LogP contribution is -2.28. The van der Waals surface area contributed by atoms with Gasteiger partial charge in [0, 0.05) is 19.2 Å². The second-order valence-corrected chi connectivity index (χ2v) is 6.53. The van der Waals surface area contributed by atoms with Gasteiger partial charge in [0.15, 0.2) is 0 Å². The maximum absolute atomic E-state index is 12.9. The van der Waals surface area contributed by atoms with E-state index in [1.165, 1.54) is 0 Å². The molecule has 0 unspecified atom stereocenters. The number of methoxy groups -OCH3 is 1. The van der Waals surface area contributed by atoms with Crippen molar-refractivity contribution in [3.8, 4) is 0 Å². The Labute approximate surface area is 154 Å². The molecule has 0 aromatic heterocycles. The monoisotopic (exact) mass is 354 g/mol. The number of anilines is 1. The van der Waals surface area contributed by atoms with Crippen LogP contribution in [0.25, 0.3) is 0 Å². The highest BCUT2D eigenvalue weighted by molar-refractivity contribution is 6.10. The third-order valence-electron chi connectivity index (χ3n) is 4.16. The number of carbonyl (C=O) groups is 2. The second-order valence-electron chi connectivity index (χ2n) is 6.53. The van der Waals surface area contributed by atoms with E-state index in [1.807, 2.05) is 52.0 Å². The number of nitrogens with one attached hydrogen (secondary N) is 2. The standard InChI is InChI=1S/C21H26N2O3/c1-13-6-7-17(20(24)22-8-9-26-5)18(12-13)23-21(25)19-15(3)10-14(2)11-16(19)4/h6-7,10-12H,8-9H2,1-5H3,(H,22,24)(H,23,25). The molecule has 0 aliphatic heterocycles. The summed E-state index contributed by atoms with van der Waals surface area (Å²) in [6, 6.07) is 9.35. The van der Waals surface area contributed by atoms with E-state index in [9.17, 15) is 9.59 Å². The molecule has 2 aromatic rings. The van der Waals surface area contributed by atoms with Crippen molar-refractivity contribution in [2.45, 2.75) is 27.7 Å². The molecule has 2 amide bonds. The van der Waals surface area contributed by atoms with Crippen LogP contribution in [0.2, 0.25) is 0 Å². The first kappa shape index (κ1) is 19.7. The number of hydrogen-bond donors (Lipinski definition) is 2. The lowest BCUT2D eigenvalue weighted by Gasteiger charge is -2.15. The topological polar surface area (TPSA) is 67.4 Å². The largest absolute Gasteiger partial charge is 0.383 e. The van der Waals surface area contributed by atoms with Gasteiger partial charge in [0.25, 0.3) is 11.8 Å². The summed E-state index contributed by atoms with van der Waals surface area (Å²) < 4.78 is 4.95. The molecule has 0 saturated heterocycles. The first-order chi connectivity index (χ1) is 12.3. The smallest absolute Gasteiger partial charge is 0.256 e. The highest BCUT2D eigenvalue weighted by atomic mass is 16.5. The Morgan fingerprint density at radius 1 is 0.923 bits per heavy atom. The minimum absolute atomic E-state index is 0.212. The lowest BCUT2D eigenvalue weighted by atomic mass is 9.99. The molecule has 0 atom stereocenters. The molecule has 26 heavy (non-hydrogen) atoms. The zero-order chi connectivity index (χ0) is 19.3. The molecular weight excluding hydrogens is 328 g/mol. The van der Waals surface area contributed by atoms with Crippen LogP contribution in [0.1, 0.15) is 43.0 Å². The van der Waals surface area contributed by atoms with Crippen molar-refractivity contribution >= 4 is 17.5 Å². The van der Waals surface area contributed by atoms with Crippen molar-refractivity contribution in [2.24, 2.45) is 0 Å². The first-order valence-electron chi connectivity index (χ1n) is 8.60. The maximum atomic E-state index is 12.9. The van der Waals surface area contributed by atoms with E-state index >= 15 is 0 Å². The van der Waals surface area contributed by atoms with E-state index in [0.717, 1.165) is 22.3 Å². The van der Waals surface area contributed by atoms with Gasteiger partial charge in [0.1, 0.15) is 0 Å². The molecule has 0 aliphatic rings. The molecule has 0 saturated carbocycles. The molecule has 2 aromatic carbocycles. The third-order valence-corrected chi connectivity index (χ3v) is 4.16. The zero-order valence-corrected chi connectivity index (χ0v) is 16.0.